The quantitative estimate of drug-likeness (QED) is 0.685. The van der Waals surface area contributed by atoms with Crippen molar-refractivity contribution in [1.82, 2.24) is 4.98 Å². The highest BCUT2D eigenvalue weighted by molar-refractivity contribution is 8.00. The molecular weight excluding hydrogens is 382 g/mol. The van der Waals surface area contributed by atoms with Gasteiger partial charge < -0.3 is 5.32 Å². The largest absolute Gasteiger partial charge is 0.325 e. The van der Waals surface area contributed by atoms with E-state index in [-0.39, 0.29) is 23.3 Å². The zero-order chi connectivity index (χ0) is 20.5. The molecule has 29 heavy (non-hydrogen) atoms. The molecule has 1 aromatic carbocycles. The predicted molar refractivity (Wildman–Crippen MR) is 120 cm³/mol. The topological polar surface area (TPSA) is 62.3 Å². The van der Waals surface area contributed by atoms with Crippen LogP contribution in [0.2, 0.25) is 0 Å². The van der Waals surface area contributed by atoms with Crippen LogP contribution in [0.3, 0.4) is 0 Å². The van der Waals surface area contributed by atoms with E-state index in [9.17, 15) is 9.59 Å². The number of pyridine rings is 1. The van der Waals surface area contributed by atoms with E-state index in [1.807, 2.05) is 49.4 Å². The maximum Gasteiger partial charge on any atom is 0.238 e. The summed E-state index contributed by atoms with van der Waals surface area (Å²) in [5.74, 6) is 1.67. The molecular formula is C23H29N3O2S. The van der Waals surface area contributed by atoms with E-state index in [4.69, 9.17) is 0 Å². The lowest BCUT2D eigenvalue weighted by Gasteiger charge is -2.29. The van der Waals surface area contributed by atoms with Crippen molar-refractivity contribution in [3.05, 3.63) is 54.2 Å². The fourth-order valence-corrected chi connectivity index (χ4v) is 4.38. The number of nitrogens with one attached hydrogen (secondary N) is 1. The third-order valence-corrected chi connectivity index (χ3v) is 6.07. The molecule has 1 aromatic heterocycles. The average Bonchev–Trinajstić information content (AvgIpc) is 2.73. The lowest BCUT2D eigenvalue weighted by atomic mass is 9.89. The second-order valence-electron chi connectivity index (χ2n) is 7.61. The van der Waals surface area contributed by atoms with Gasteiger partial charge in [-0.3, -0.25) is 14.5 Å². The first-order valence-corrected chi connectivity index (χ1v) is 11.4. The van der Waals surface area contributed by atoms with Crippen molar-refractivity contribution < 1.29 is 9.59 Å². The molecule has 3 rings (SSSR count). The molecule has 0 aliphatic heterocycles. The molecule has 0 bridgehead atoms. The minimum Gasteiger partial charge on any atom is -0.325 e. The standard InChI is InChI=1S/C23H29N3O2S/c1-18-8-7-11-20(14-18)25-22(27)16-29-17-23(28)26(21-12-5-6-13-24-21)15-19-9-3-2-4-10-19/h5-8,11-14,19H,2-4,9-10,15-17H2,1H3,(H,25,27). The minimum atomic E-state index is -0.0925. The van der Waals surface area contributed by atoms with Crippen molar-refractivity contribution in [3.8, 4) is 0 Å². The number of anilines is 2. The highest BCUT2D eigenvalue weighted by atomic mass is 32.2. The second kappa shape index (κ2) is 11.0. The number of aromatic nitrogens is 1. The molecule has 154 valence electrons. The molecule has 6 heteroatoms. The molecule has 2 amide bonds. The monoisotopic (exact) mass is 411 g/mol. The Labute approximate surface area is 177 Å². The number of aryl methyl sites for hydroxylation is 1. The van der Waals surface area contributed by atoms with Gasteiger partial charge in [0.1, 0.15) is 5.82 Å². The summed E-state index contributed by atoms with van der Waals surface area (Å²) in [6.45, 7) is 2.70. The lowest BCUT2D eigenvalue weighted by molar-refractivity contribution is -0.116. The number of rotatable bonds is 8. The SMILES string of the molecule is Cc1cccc(NC(=O)CSCC(=O)N(CC2CCCCC2)c2ccccn2)c1. The van der Waals surface area contributed by atoms with Gasteiger partial charge in [-0.1, -0.05) is 37.5 Å². The maximum absolute atomic E-state index is 12.9. The number of hydrogen-bond acceptors (Lipinski definition) is 4. The van der Waals surface area contributed by atoms with Crippen LogP contribution in [-0.2, 0) is 9.59 Å². The Morgan fingerprint density at radius 3 is 2.66 bits per heavy atom. The summed E-state index contributed by atoms with van der Waals surface area (Å²) in [4.78, 5) is 31.3. The normalized spacial score (nSPS) is 14.4. The van der Waals surface area contributed by atoms with Crippen molar-refractivity contribution in [2.75, 3.05) is 28.3 Å². The molecule has 0 radical (unpaired) electrons. The van der Waals surface area contributed by atoms with Gasteiger partial charge in [-0.05, 0) is 55.5 Å². The summed E-state index contributed by atoms with van der Waals surface area (Å²) in [6, 6.07) is 13.4. The van der Waals surface area contributed by atoms with E-state index < -0.39 is 0 Å². The fourth-order valence-electron chi connectivity index (χ4n) is 3.69. The zero-order valence-corrected chi connectivity index (χ0v) is 17.8. The Hall–Kier alpha value is -2.34. The molecule has 2 aromatic rings. The van der Waals surface area contributed by atoms with Gasteiger partial charge in [0.2, 0.25) is 11.8 Å². The molecule has 1 N–H and O–H groups in total. The summed E-state index contributed by atoms with van der Waals surface area (Å²) < 4.78 is 0. The first-order valence-electron chi connectivity index (χ1n) is 10.3. The van der Waals surface area contributed by atoms with Crippen molar-refractivity contribution in [3.63, 3.8) is 0 Å². The van der Waals surface area contributed by atoms with Gasteiger partial charge in [0.15, 0.2) is 0 Å². The highest BCUT2D eigenvalue weighted by Gasteiger charge is 2.23. The first-order chi connectivity index (χ1) is 14.1. The molecule has 1 saturated carbocycles. The van der Waals surface area contributed by atoms with Gasteiger partial charge in [0, 0.05) is 18.4 Å². The van der Waals surface area contributed by atoms with E-state index in [1.165, 1.54) is 43.9 Å². The summed E-state index contributed by atoms with van der Waals surface area (Å²) >= 11 is 1.35. The van der Waals surface area contributed by atoms with Gasteiger partial charge in [-0.15, -0.1) is 11.8 Å². The number of carbonyl (C=O) groups excluding carboxylic acids is 2. The van der Waals surface area contributed by atoms with Crippen LogP contribution in [0.4, 0.5) is 11.5 Å². The highest BCUT2D eigenvalue weighted by Crippen LogP contribution is 2.26. The van der Waals surface area contributed by atoms with E-state index in [0.717, 1.165) is 11.3 Å². The Balaban J connectivity index is 1.53. The molecule has 5 nitrogen and oxygen atoms in total. The number of carbonyl (C=O) groups is 2. The first kappa shape index (κ1) is 21.4. The number of nitrogens with zero attached hydrogens (tertiary/aromatic N) is 2. The smallest absolute Gasteiger partial charge is 0.238 e. The number of amides is 2. The van der Waals surface area contributed by atoms with E-state index in [0.29, 0.717) is 18.3 Å². The Morgan fingerprint density at radius 1 is 1.10 bits per heavy atom. The van der Waals surface area contributed by atoms with Crippen LogP contribution in [0.5, 0.6) is 0 Å². The minimum absolute atomic E-state index is 0.0163. The summed E-state index contributed by atoms with van der Waals surface area (Å²) in [5, 5.41) is 2.89. The van der Waals surface area contributed by atoms with Crippen LogP contribution in [0.15, 0.2) is 48.7 Å². The molecule has 1 aliphatic rings. The molecule has 0 spiro atoms. The molecule has 0 saturated heterocycles. The molecule has 1 fully saturated rings. The maximum atomic E-state index is 12.9. The summed E-state index contributed by atoms with van der Waals surface area (Å²) in [7, 11) is 0. The molecule has 1 heterocycles. The van der Waals surface area contributed by atoms with Crippen molar-refractivity contribution in [1.29, 1.82) is 0 Å². The van der Waals surface area contributed by atoms with E-state index >= 15 is 0 Å². The second-order valence-corrected chi connectivity index (χ2v) is 8.59. The van der Waals surface area contributed by atoms with Crippen molar-refractivity contribution in [2.24, 2.45) is 5.92 Å². The third-order valence-electron chi connectivity index (χ3n) is 5.15. The van der Waals surface area contributed by atoms with Crippen LogP contribution in [0, 0.1) is 12.8 Å². The van der Waals surface area contributed by atoms with Gasteiger partial charge in [-0.25, -0.2) is 4.98 Å². The average molecular weight is 412 g/mol. The Morgan fingerprint density at radius 2 is 1.93 bits per heavy atom. The van der Waals surface area contributed by atoms with Gasteiger partial charge in [0.25, 0.3) is 0 Å². The van der Waals surface area contributed by atoms with Crippen LogP contribution < -0.4 is 10.2 Å². The number of thioether (sulfide) groups is 1. The molecule has 0 unspecified atom stereocenters. The Bertz CT molecular complexity index is 807. The Kier molecular flexibility index (Phi) is 8.11. The van der Waals surface area contributed by atoms with E-state index in [1.54, 1.807) is 11.1 Å². The van der Waals surface area contributed by atoms with Gasteiger partial charge in [0.05, 0.1) is 11.5 Å². The van der Waals surface area contributed by atoms with Crippen LogP contribution in [0.25, 0.3) is 0 Å². The van der Waals surface area contributed by atoms with Gasteiger partial charge >= 0.3 is 0 Å². The molecule has 0 atom stereocenters. The van der Waals surface area contributed by atoms with Crippen LogP contribution in [0.1, 0.15) is 37.7 Å². The predicted octanol–water partition coefficient (Wildman–Crippen LogP) is 4.68. The fraction of sp³-hybridized carbons (Fsp3) is 0.435. The number of benzene rings is 1. The summed E-state index contributed by atoms with van der Waals surface area (Å²) in [5.41, 5.74) is 1.88. The lowest BCUT2D eigenvalue weighted by Crippen LogP contribution is -2.38. The van der Waals surface area contributed by atoms with Crippen LogP contribution in [-0.4, -0.2) is 34.8 Å². The van der Waals surface area contributed by atoms with Crippen molar-refractivity contribution in [2.45, 2.75) is 39.0 Å². The summed E-state index contributed by atoms with van der Waals surface area (Å²) in [6.07, 6.45) is 7.83. The number of hydrogen-bond donors (Lipinski definition) is 1. The van der Waals surface area contributed by atoms with Gasteiger partial charge in [-0.2, -0.15) is 0 Å². The zero-order valence-electron chi connectivity index (χ0n) is 17.0. The van der Waals surface area contributed by atoms with Crippen molar-refractivity contribution >= 4 is 35.1 Å². The van der Waals surface area contributed by atoms with E-state index in [2.05, 4.69) is 10.3 Å². The molecule has 1 aliphatic carbocycles. The van der Waals surface area contributed by atoms with Crippen LogP contribution >= 0.6 is 11.8 Å². The third kappa shape index (κ3) is 6.89.